The van der Waals surface area contributed by atoms with Crippen LogP contribution in [0.25, 0.3) is 10.2 Å². The van der Waals surface area contributed by atoms with Crippen LogP contribution in [0.4, 0.5) is 5.13 Å². The largest absolute Gasteiger partial charge is 0.473 e. The van der Waals surface area contributed by atoms with E-state index in [4.69, 9.17) is 21.1 Å². The van der Waals surface area contributed by atoms with Gasteiger partial charge in [0.2, 0.25) is 5.88 Å². The van der Waals surface area contributed by atoms with Crippen molar-refractivity contribution in [2.24, 2.45) is 0 Å². The Labute approximate surface area is 159 Å². The van der Waals surface area contributed by atoms with Gasteiger partial charge in [0.05, 0.1) is 29.0 Å². The first kappa shape index (κ1) is 17.2. The van der Waals surface area contributed by atoms with Crippen molar-refractivity contribution in [2.75, 3.05) is 18.5 Å². The van der Waals surface area contributed by atoms with Crippen molar-refractivity contribution < 1.29 is 14.3 Å². The summed E-state index contributed by atoms with van der Waals surface area (Å²) in [6.45, 7) is 1.34. The molecule has 1 aliphatic heterocycles. The zero-order valence-electron chi connectivity index (χ0n) is 13.8. The highest BCUT2D eigenvalue weighted by Gasteiger charge is 2.19. The molecule has 1 N–H and O–H groups in total. The van der Waals surface area contributed by atoms with E-state index in [0.29, 0.717) is 34.8 Å². The molecule has 0 unspecified atom stereocenters. The van der Waals surface area contributed by atoms with Crippen LogP contribution >= 0.6 is 22.9 Å². The molecule has 2 aromatic heterocycles. The molecule has 0 aliphatic carbocycles. The molecule has 26 heavy (non-hydrogen) atoms. The molecule has 0 spiro atoms. The molecule has 3 aromatic rings. The van der Waals surface area contributed by atoms with Gasteiger partial charge in [0.15, 0.2) is 5.13 Å². The summed E-state index contributed by atoms with van der Waals surface area (Å²) < 4.78 is 12.1. The van der Waals surface area contributed by atoms with Gasteiger partial charge in [-0.05, 0) is 18.2 Å². The average molecular weight is 390 g/mol. The van der Waals surface area contributed by atoms with Gasteiger partial charge in [-0.2, -0.15) is 0 Å². The van der Waals surface area contributed by atoms with Gasteiger partial charge in [-0.25, -0.2) is 9.97 Å². The zero-order valence-corrected chi connectivity index (χ0v) is 15.3. The van der Waals surface area contributed by atoms with Gasteiger partial charge < -0.3 is 9.47 Å². The Bertz CT molecular complexity index is 907. The standard InChI is InChI=1S/C18H16ClN3O3S/c19-13-9-11(10-20-17(13)25-12-5-7-24-8-6-12)16(23)22-18-21-14-3-1-2-4-15(14)26-18/h1-4,9-10,12H,5-8H2,(H,21,22,23). The number of ether oxygens (including phenoxy) is 2. The Morgan fingerprint density at radius 3 is 2.88 bits per heavy atom. The number of anilines is 1. The first-order valence-electron chi connectivity index (χ1n) is 8.26. The summed E-state index contributed by atoms with van der Waals surface area (Å²) in [6.07, 6.45) is 3.11. The first-order valence-corrected chi connectivity index (χ1v) is 9.45. The molecule has 0 atom stereocenters. The van der Waals surface area contributed by atoms with Crippen LogP contribution in [-0.2, 0) is 4.74 Å². The lowest BCUT2D eigenvalue weighted by Crippen LogP contribution is -2.26. The van der Waals surface area contributed by atoms with Crippen LogP contribution in [0.5, 0.6) is 5.88 Å². The van der Waals surface area contributed by atoms with E-state index in [0.717, 1.165) is 23.1 Å². The van der Waals surface area contributed by atoms with E-state index >= 15 is 0 Å². The van der Waals surface area contributed by atoms with Crippen molar-refractivity contribution in [3.8, 4) is 5.88 Å². The van der Waals surface area contributed by atoms with Crippen LogP contribution in [0.3, 0.4) is 0 Å². The number of amides is 1. The second-order valence-electron chi connectivity index (χ2n) is 5.88. The predicted octanol–water partition coefficient (Wildman–Crippen LogP) is 4.15. The molecule has 3 heterocycles. The lowest BCUT2D eigenvalue weighted by atomic mass is 10.1. The molecule has 4 rings (SSSR count). The monoisotopic (exact) mass is 389 g/mol. The summed E-state index contributed by atoms with van der Waals surface area (Å²) in [6, 6.07) is 9.28. The molecule has 1 aromatic carbocycles. The number of hydrogen-bond acceptors (Lipinski definition) is 6. The fourth-order valence-electron chi connectivity index (χ4n) is 2.68. The summed E-state index contributed by atoms with van der Waals surface area (Å²) in [5.74, 6) is 0.0335. The van der Waals surface area contributed by atoms with Crippen LogP contribution in [0.1, 0.15) is 23.2 Å². The van der Waals surface area contributed by atoms with E-state index in [2.05, 4.69) is 15.3 Å². The molecule has 0 radical (unpaired) electrons. The van der Waals surface area contributed by atoms with E-state index in [1.54, 1.807) is 6.07 Å². The van der Waals surface area contributed by atoms with Crippen LogP contribution in [-0.4, -0.2) is 35.2 Å². The van der Waals surface area contributed by atoms with Crippen LogP contribution < -0.4 is 10.1 Å². The van der Waals surface area contributed by atoms with Crippen molar-refractivity contribution >= 4 is 44.2 Å². The van der Waals surface area contributed by atoms with Crippen LogP contribution in [0, 0.1) is 0 Å². The lowest BCUT2D eigenvalue weighted by Gasteiger charge is -2.23. The Morgan fingerprint density at radius 1 is 1.31 bits per heavy atom. The summed E-state index contributed by atoms with van der Waals surface area (Å²) in [5.41, 5.74) is 1.21. The van der Waals surface area contributed by atoms with Gasteiger partial charge in [0.25, 0.3) is 5.91 Å². The third-order valence-corrected chi connectivity index (χ3v) is 5.25. The molecule has 1 amide bonds. The Kier molecular flexibility index (Phi) is 5.01. The summed E-state index contributed by atoms with van der Waals surface area (Å²) in [4.78, 5) is 21.0. The highest BCUT2D eigenvalue weighted by molar-refractivity contribution is 7.22. The van der Waals surface area contributed by atoms with E-state index in [1.165, 1.54) is 17.5 Å². The predicted molar refractivity (Wildman–Crippen MR) is 101 cm³/mol. The average Bonchev–Trinajstić information content (AvgIpc) is 3.06. The molecular formula is C18H16ClN3O3S. The number of carbonyl (C=O) groups excluding carboxylic acids is 1. The van der Waals surface area contributed by atoms with E-state index in [1.807, 2.05) is 24.3 Å². The molecule has 1 saturated heterocycles. The number of carbonyl (C=O) groups is 1. The minimum Gasteiger partial charge on any atom is -0.473 e. The fraction of sp³-hybridized carbons (Fsp3) is 0.278. The Balaban J connectivity index is 1.46. The number of fused-ring (bicyclic) bond motifs is 1. The SMILES string of the molecule is O=C(Nc1nc2ccccc2s1)c1cnc(OC2CCOCC2)c(Cl)c1. The number of hydrogen-bond donors (Lipinski definition) is 1. The zero-order chi connectivity index (χ0) is 17.9. The quantitative estimate of drug-likeness (QED) is 0.725. The number of aromatic nitrogens is 2. The smallest absolute Gasteiger partial charge is 0.259 e. The van der Waals surface area contributed by atoms with Gasteiger partial charge >= 0.3 is 0 Å². The number of halogens is 1. The number of benzene rings is 1. The van der Waals surface area contributed by atoms with Crippen molar-refractivity contribution in [3.05, 3.63) is 47.1 Å². The summed E-state index contributed by atoms with van der Waals surface area (Å²) >= 11 is 7.67. The number of pyridine rings is 1. The molecule has 0 bridgehead atoms. The second-order valence-corrected chi connectivity index (χ2v) is 7.32. The van der Waals surface area contributed by atoms with E-state index in [-0.39, 0.29) is 12.0 Å². The topological polar surface area (TPSA) is 73.3 Å². The highest BCUT2D eigenvalue weighted by Crippen LogP contribution is 2.28. The number of nitrogens with one attached hydrogen (secondary N) is 1. The van der Waals surface area contributed by atoms with Crippen molar-refractivity contribution in [1.82, 2.24) is 9.97 Å². The molecule has 1 aliphatic rings. The molecule has 134 valence electrons. The molecule has 0 saturated carbocycles. The summed E-state index contributed by atoms with van der Waals surface area (Å²) in [7, 11) is 0. The Hall–Kier alpha value is -2.22. The Morgan fingerprint density at radius 2 is 2.12 bits per heavy atom. The van der Waals surface area contributed by atoms with Crippen LogP contribution in [0.2, 0.25) is 5.02 Å². The van der Waals surface area contributed by atoms with E-state index in [9.17, 15) is 4.79 Å². The minimum atomic E-state index is -0.309. The third kappa shape index (κ3) is 3.80. The summed E-state index contributed by atoms with van der Waals surface area (Å²) in [5, 5.41) is 3.64. The molecule has 1 fully saturated rings. The molecule has 6 nitrogen and oxygen atoms in total. The number of para-hydroxylation sites is 1. The highest BCUT2D eigenvalue weighted by atomic mass is 35.5. The molecular weight excluding hydrogens is 374 g/mol. The number of thiazole rings is 1. The maximum atomic E-state index is 12.4. The van der Waals surface area contributed by atoms with Gasteiger partial charge in [-0.3, -0.25) is 10.1 Å². The maximum absolute atomic E-state index is 12.4. The second kappa shape index (κ2) is 7.57. The van der Waals surface area contributed by atoms with Crippen LogP contribution in [0.15, 0.2) is 36.5 Å². The molecule has 8 heteroatoms. The number of rotatable bonds is 4. The number of nitrogens with zero attached hydrogens (tertiary/aromatic N) is 2. The van der Waals surface area contributed by atoms with Gasteiger partial charge in [-0.1, -0.05) is 35.1 Å². The van der Waals surface area contributed by atoms with Crippen molar-refractivity contribution in [3.63, 3.8) is 0 Å². The maximum Gasteiger partial charge on any atom is 0.259 e. The van der Waals surface area contributed by atoms with Crippen molar-refractivity contribution in [1.29, 1.82) is 0 Å². The third-order valence-electron chi connectivity index (χ3n) is 4.03. The van der Waals surface area contributed by atoms with Crippen molar-refractivity contribution in [2.45, 2.75) is 18.9 Å². The first-order chi connectivity index (χ1) is 12.7. The lowest BCUT2D eigenvalue weighted by molar-refractivity contribution is 0.0238. The van der Waals surface area contributed by atoms with Gasteiger partial charge in [-0.15, -0.1) is 0 Å². The van der Waals surface area contributed by atoms with Gasteiger partial charge in [0, 0.05) is 19.0 Å². The van der Waals surface area contributed by atoms with E-state index < -0.39 is 0 Å². The van der Waals surface area contributed by atoms with Gasteiger partial charge in [0.1, 0.15) is 11.1 Å². The fourth-order valence-corrected chi connectivity index (χ4v) is 3.75. The normalized spacial score (nSPS) is 15.1. The minimum absolute atomic E-state index is 0.0381.